The topological polar surface area (TPSA) is 182 Å². The van der Waals surface area contributed by atoms with Gasteiger partial charge in [0.2, 0.25) is 27.7 Å². The van der Waals surface area contributed by atoms with Crippen LogP contribution in [0.2, 0.25) is 0 Å². The molecule has 0 unspecified atom stereocenters. The lowest BCUT2D eigenvalue weighted by molar-refractivity contribution is -0.197. The van der Waals surface area contributed by atoms with Crippen LogP contribution in [-0.4, -0.2) is 97.0 Å². The van der Waals surface area contributed by atoms with Crippen LogP contribution in [0.4, 0.5) is 22.4 Å². The lowest BCUT2D eigenvalue weighted by atomic mass is 9.88. The highest BCUT2D eigenvalue weighted by Crippen LogP contribution is 2.46. The van der Waals surface area contributed by atoms with Crippen molar-refractivity contribution in [2.75, 3.05) is 13.7 Å². The maximum absolute atomic E-state index is 14.6. The van der Waals surface area contributed by atoms with Crippen LogP contribution in [0.3, 0.4) is 0 Å². The molecule has 4 aliphatic rings. The van der Waals surface area contributed by atoms with Gasteiger partial charge >= 0.3 is 12.3 Å². The van der Waals surface area contributed by atoms with Gasteiger partial charge in [-0.2, -0.15) is 13.2 Å². The highest BCUT2D eigenvalue weighted by Gasteiger charge is 2.62. The van der Waals surface area contributed by atoms with Crippen molar-refractivity contribution in [2.45, 2.75) is 107 Å². The van der Waals surface area contributed by atoms with Crippen molar-refractivity contribution in [2.24, 2.45) is 17.8 Å². The summed E-state index contributed by atoms with van der Waals surface area (Å²) >= 11 is 0. The molecule has 4 amide bonds. The molecule has 3 heterocycles. The van der Waals surface area contributed by atoms with Crippen molar-refractivity contribution in [3.63, 3.8) is 0 Å². The molecule has 6 rings (SSSR count). The molecular weight excluding hydrogens is 766 g/mol. The van der Waals surface area contributed by atoms with Crippen LogP contribution in [0.5, 0.6) is 11.6 Å². The molecule has 1 saturated heterocycles. The zero-order chi connectivity index (χ0) is 40.7. The second-order valence-electron chi connectivity index (χ2n) is 15.3. The number of methoxy groups -OCH3 is 1. The highest BCUT2D eigenvalue weighted by molar-refractivity contribution is 7.91. The third kappa shape index (κ3) is 8.81. The van der Waals surface area contributed by atoms with Crippen molar-refractivity contribution in [3.05, 3.63) is 42.4 Å². The summed E-state index contributed by atoms with van der Waals surface area (Å²) in [4.78, 5) is 61.0. The van der Waals surface area contributed by atoms with Gasteiger partial charge in [-0.15, -0.1) is 0 Å². The number of alkyl carbamates (subject to hydrolysis) is 1. The number of rotatable bonds is 8. The van der Waals surface area contributed by atoms with Crippen LogP contribution < -0.4 is 24.8 Å². The van der Waals surface area contributed by atoms with Crippen molar-refractivity contribution in [1.29, 1.82) is 0 Å². The van der Waals surface area contributed by atoms with E-state index in [0.717, 1.165) is 4.90 Å². The number of nitrogens with zero attached hydrogens (tertiary/aromatic N) is 2. The van der Waals surface area contributed by atoms with Crippen LogP contribution in [0.25, 0.3) is 10.8 Å². The molecule has 2 aliphatic carbocycles. The van der Waals surface area contributed by atoms with Crippen molar-refractivity contribution in [3.8, 4) is 11.6 Å². The van der Waals surface area contributed by atoms with Crippen LogP contribution in [0.1, 0.15) is 65.7 Å². The molecule has 8 atom stereocenters. The molecule has 56 heavy (non-hydrogen) atoms. The van der Waals surface area contributed by atoms with Gasteiger partial charge in [-0.1, -0.05) is 26.0 Å². The lowest BCUT2D eigenvalue weighted by Gasteiger charge is -2.33. The quantitative estimate of drug-likeness (QED) is 0.257. The number of hydrogen-bond acceptors (Lipinski definition) is 10. The molecule has 3 fully saturated rings. The van der Waals surface area contributed by atoms with E-state index in [-0.39, 0.29) is 42.3 Å². The minimum absolute atomic E-state index is 0.0454. The fourth-order valence-electron chi connectivity index (χ4n) is 7.50. The number of fused-ring (bicyclic) bond motifs is 3. The fourth-order valence-corrected chi connectivity index (χ4v) is 8.86. The molecule has 19 heteroatoms. The third-order valence-electron chi connectivity index (χ3n) is 10.9. The minimum Gasteiger partial charge on any atom is -0.496 e. The summed E-state index contributed by atoms with van der Waals surface area (Å²) in [5.74, 6) is -4.37. The van der Waals surface area contributed by atoms with Gasteiger partial charge in [0.1, 0.15) is 35.3 Å². The number of sulfonamides is 1. The number of allylic oxidation sites excluding steroid dienone is 1. The van der Waals surface area contributed by atoms with E-state index in [1.165, 1.54) is 25.4 Å². The van der Waals surface area contributed by atoms with Crippen molar-refractivity contribution < 1.29 is 59.4 Å². The maximum atomic E-state index is 14.6. The number of carbonyl (C=O) groups excluding carboxylic acids is 4. The number of hydrogen-bond donors (Lipinski definition) is 3. The van der Waals surface area contributed by atoms with Gasteiger partial charge in [-0.25, -0.2) is 22.6 Å². The highest BCUT2D eigenvalue weighted by atomic mass is 32.2. The van der Waals surface area contributed by atoms with E-state index in [4.69, 9.17) is 9.47 Å². The lowest BCUT2D eigenvalue weighted by Crippen LogP contribution is -2.59. The van der Waals surface area contributed by atoms with Crippen LogP contribution >= 0.6 is 0 Å². The first-order chi connectivity index (χ1) is 26.3. The van der Waals surface area contributed by atoms with Gasteiger partial charge in [-0.05, 0) is 69.4 Å². The van der Waals surface area contributed by atoms with E-state index >= 15 is 0 Å². The summed E-state index contributed by atoms with van der Waals surface area (Å²) in [6.07, 6.45) is -2.72. The fraction of sp³-hybridized carbons (Fsp3) is 0.595. The Bertz CT molecular complexity index is 2010. The average Bonchev–Trinajstić information content (AvgIpc) is 4.05. The predicted molar refractivity (Wildman–Crippen MR) is 192 cm³/mol. The molecule has 1 aromatic carbocycles. The Labute approximate surface area is 321 Å². The number of nitrogens with one attached hydrogen (secondary N) is 3. The molecule has 14 nitrogen and oxygen atoms in total. The standard InChI is InChI=1S/C37H45F4N5O9S/c1-19-7-5-6-8-22-17-36(22,34(49)45-56(51,52)25-9-10-25)44-31(47)28-16-24(55-32-27-14-23(38)15-29(53-4)26(27)11-12-42-32)18-46(28)33(48)30(20(2)13-19)43-35(50)54-21(3)37(39,40)41/h6,8,11-12,14-15,19-22,24-25,28,30H,5,7,9-10,13,16-18H2,1-4H3,(H,43,50)(H,44,47)(H,45,49)/b8-6-/t19-,20+,21+,22+,24+,28-,30-,36+/m0/s1. The molecule has 306 valence electrons. The summed E-state index contributed by atoms with van der Waals surface area (Å²) in [6, 6.07) is 1.10. The van der Waals surface area contributed by atoms with E-state index in [9.17, 15) is 45.2 Å². The Balaban J connectivity index is 1.35. The molecule has 1 aromatic heterocycles. The predicted octanol–water partition coefficient (Wildman–Crippen LogP) is 4.27. The number of benzene rings is 1. The number of carbonyl (C=O) groups is 4. The molecule has 2 aliphatic heterocycles. The monoisotopic (exact) mass is 811 g/mol. The molecule has 2 saturated carbocycles. The summed E-state index contributed by atoms with van der Waals surface area (Å²) in [6.45, 7) is 3.91. The first kappa shape index (κ1) is 41.0. The number of ether oxygens (including phenoxy) is 3. The minimum atomic E-state index is -4.87. The normalized spacial score (nSPS) is 29.8. The summed E-state index contributed by atoms with van der Waals surface area (Å²) in [5, 5.41) is 5.02. The Morgan fingerprint density at radius 1 is 1.11 bits per heavy atom. The van der Waals surface area contributed by atoms with Gasteiger partial charge in [0.05, 0.1) is 24.3 Å². The van der Waals surface area contributed by atoms with Gasteiger partial charge < -0.3 is 29.7 Å². The Hall–Kier alpha value is -4.68. The second kappa shape index (κ2) is 15.7. The molecular formula is C37H45F4N5O9S. The molecule has 3 N–H and O–H groups in total. The number of halogens is 4. The summed E-state index contributed by atoms with van der Waals surface area (Å²) < 4.78 is 98.5. The Morgan fingerprint density at radius 3 is 2.52 bits per heavy atom. The van der Waals surface area contributed by atoms with E-state index < -0.39 is 92.7 Å². The van der Waals surface area contributed by atoms with E-state index in [1.807, 2.05) is 13.0 Å². The second-order valence-corrected chi connectivity index (χ2v) is 17.2. The van der Waals surface area contributed by atoms with Crippen LogP contribution in [0, 0.1) is 23.6 Å². The molecule has 0 radical (unpaired) electrons. The SMILES string of the molecule is COc1cc(F)cc2c(O[C@@H]3C[C@H]4C(=O)N[C@]5(C(=O)NS(=O)(=O)C6CC6)C[C@H]5/C=C\CC[C@H](C)C[C@@H](C)[C@H](NC(=O)O[C@H](C)C(F)(F)F)C(=O)N4C3)nccc12. The molecule has 0 bridgehead atoms. The van der Waals surface area contributed by atoms with E-state index in [0.29, 0.717) is 44.4 Å². The maximum Gasteiger partial charge on any atom is 0.425 e. The first-order valence-corrected chi connectivity index (χ1v) is 20.1. The van der Waals surface area contributed by atoms with Gasteiger partial charge in [0, 0.05) is 30.0 Å². The summed E-state index contributed by atoms with van der Waals surface area (Å²) in [7, 11) is -2.64. The smallest absolute Gasteiger partial charge is 0.425 e. The van der Waals surface area contributed by atoms with Crippen LogP contribution in [-0.2, 0) is 29.1 Å². The largest absolute Gasteiger partial charge is 0.496 e. The third-order valence-corrected chi connectivity index (χ3v) is 12.7. The van der Waals surface area contributed by atoms with Crippen molar-refractivity contribution in [1.82, 2.24) is 25.2 Å². The number of pyridine rings is 1. The average molecular weight is 812 g/mol. The van der Waals surface area contributed by atoms with Gasteiger partial charge in [0.25, 0.3) is 5.91 Å². The Morgan fingerprint density at radius 2 is 1.84 bits per heavy atom. The number of alkyl halides is 3. The Kier molecular flexibility index (Phi) is 11.5. The number of aromatic nitrogens is 1. The van der Waals surface area contributed by atoms with Gasteiger partial charge in [0.15, 0.2) is 6.10 Å². The molecule has 0 spiro atoms. The zero-order valence-electron chi connectivity index (χ0n) is 31.2. The van der Waals surface area contributed by atoms with E-state index in [2.05, 4.69) is 25.1 Å². The molecule has 2 aromatic rings. The van der Waals surface area contributed by atoms with E-state index in [1.54, 1.807) is 19.1 Å². The van der Waals surface area contributed by atoms with Gasteiger partial charge in [-0.3, -0.25) is 19.1 Å². The number of amides is 4. The zero-order valence-corrected chi connectivity index (χ0v) is 32.0. The van der Waals surface area contributed by atoms with Crippen LogP contribution in [0.15, 0.2) is 36.5 Å². The van der Waals surface area contributed by atoms with Crippen molar-refractivity contribution >= 4 is 44.6 Å². The first-order valence-electron chi connectivity index (χ1n) is 18.5. The summed E-state index contributed by atoms with van der Waals surface area (Å²) in [5.41, 5.74) is -1.66.